The lowest BCUT2D eigenvalue weighted by atomic mass is 10.1. The Balaban J connectivity index is 2.23. The first-order valence-electron chi connectivity index (χ1n) is 11.9. The Morgan fingerprint density at radius 3 is 2.20 bits per heavy atom. The molecule has 1 rings (SSSR count). The first kappa shape index (κ1) is 29.8. The van der Waals surface area contributed by atoms with Crippen LogP contribution in [0.2, 0.25) is 0 Å². The second kappa shape index (κ2) is 18.2. The topological polar surface area (TPSA) is 152 Å². The van der Waals surface area contributed by atoms with Crippen molar-refractivity contribution in [1.29, 1.82) is 0 Å². The van der Waals surface area contributed by atoms with Crippen LogP contribution in [-0.4, -0.2) is 54.0 Å². The smallest absolute Gasteiger partial charge is 0.481 e. The molecule has 0 amide bonds. The molecule has 1 atom stereocenters. The number of carboxylic acids is 1. The molecule has 1 aromatic carbocycles. The molecule has 0 aliphatic carbocycles. The van der Waals surface area contributed by atoms with E-state index in [1.54, 1.807) is 0 Å². The zero-order valence-corrected chi connectivity index (χ0v) is 20.1. The van der Waals surface area contributed by atoms with Gasteiger partial charge >= 0.3 is 18.1 Å². The highest BCUT2D eigenvalue weighted by atomic mass is 16.7. The first-order valence-corrected chi connectivity index (χ1v) is 11.9. The third-order valence-corrected chi connectivity index (χ3v) is 4.92. The van der Waals surface area contributed by atoms with Crippen molar-refractivity contribution in [2.75, 3.05) is 19.8 Å². The van der Waals surface area contributed by atoms with Crippen molar-refractivity contribution in [2.24, 2.45) is 0 Å². The number of carbonyl (C=O) groups is 3. The lowest BCUT2D eigenvalue weighted by Crippen LogP contribution is -2.27. The Hall–Kier alpha value is -3.21. The van der Waals surface area contributed by atoms with E-state index >= 15 is 0 Å². The van der Waals surface area contributed by atoms with Gasteiger partial charge in [0, 0.05) is 18.7 Å². The van der Waals surface area contributed by atoms with Gasteiger partial charge in [-0.2, -0.15) is 0 Å². The molecule has 1 N–H and O–H groups in total. The highest BCUT2D eigenvalue weighted by molar-refractivity contribution is 5.72. The molecule has 0 fully saturated rings. The second-order valence-electron chi connectivity index (χ2n) is 7.96. The third kappa shape index (κ3) is 15.3. The predicted octanol–water partition coefficient (Wildman–Crippen LogP) is 5.04. The van der Waals surface area contributed by atoms with Crippen molar-refractivity contribution in [3.63, 3.8) is 0 Å². The molecule has 0 saturated heterocycles. The number of nitrogens with zero attached hydrogens (tertiary/aromatic N) is 1. The largest absolute Gasteiger partial charge is 0.513 e. The summed E-state index contributed by atoms with van der Waals surface area (Å²) in [6.07, 6.45) is 6.47. The number of benzene rings is 1. The summed E-state index contributed by atoms with van der Waals surface area (Å²) in [7, 11) is 0. The van der Waals surface area contributed by atoms with E-state index in [1.165, 1.54) is 56.4 Å². The van der Waals surface area contributed by atoms with Crippen molar-refractivity contribution >= 4 is 23.8 Å². The van der Waals surface area contributed by atoms with Crippen LogP contribution in [0.1, 0.15) is 71.1 Å². The van der Waals surface area contributed by atoms with Gasteiger partial charge in [-0.05, 0) is 18.6 Å². The SMILES string of the molecule is CCCCCCCCCCOCC(CC(=O)O)OC(=O)CCOC(=O)Oc1ccc([N+](=O)[O-])cc1. The van der Waals surface area contributed by atoms with E-state index in [-0.39, 0.29) is 31.1 Å². The Morgan fingerprint density at radius 2 is 1.60 bits per heavy atom. The second-order valence-corrected chi connectivity index (χ2v) is 7.96. The Kier molecular flexibility index (Phi) is 15.5. The number of nitro groups is 1. The van der Waals surface area contributed by atoms with E-state index in [9.17, 15) is 24.5 Å². The molecule has 1 aromatic rings. The maximum Gasteiger partial charge on any atom is 0.513 e. The van der Waals surface area contributed by atoms with E-state index in [2.05, 4.69) is 6.92 Å². The average molecular weight is 498 g/mol. The molecule has 35 heavy (non-hydrogen) atoms. The fourth-order valence-electron chi connectivity index (χ4n) is 3.11. The van der Waals surface area contributed by atoms with Gasteiger partial charge in [-0.25, -0.2) is 4.79 Å². The molecule has 0 aliphatic rings. The molecule has 0 bridgehead atoms. The van der Waals surface area contributed by atoms with Crippen LogP contribution in [0.3, 0.4) is 0 Å². The fraction of sp³-hybridized carbons (Fsp3) is 0.625. The Labute approximate surface area is 204 Å². The molecule has 196 valence electrons. The van der Waals surface area contributed by atoms with Gasteiger partial charge in [0.2, 0.25) is 0 Å². The summed E-state index contributed by atoms with van der Waals surface area (Å²) in [6.45, 7) is 2.27. The van der Waals surface area contributed by atoms with Gasteiger partial charge in [0.05, 0.1) is 24.4 Å². The summed E-state index contributed by atoms with van der Waals surface area (Å²) in [4.78, 5) is 44.7. The molecule has 0 spiro atoms. The van der Waals surface area contributed by atoms with E-state index in [4.69, 9.17) is 24.1 Å². The number of carbonyl (C=O) groups excluding carboxylic acids is 2. The number of nitro benzene ring substituents is 1. The molecule has 0 saturated carbocycles. The number of hydrogen-bond donors (Lipinski definition) is 1. The number of ether oxygens (including phenoxy) is 4. The zero-order valence-electron chi connectivity index (χ0n) is 20.1. The fourth-order valence-corrected chi connectivity index (χ4v) is 3.11. The number of esters is 1. The predicted molar refractivity (Wildman–Crippen MR) is 125 cm³/mol. The maximum atomic E-state index is 12.0. The summed E-state index contributed by atoms with van der Waals surface area (Å²) in [5.41, 5.74) is -0.161. The minimum Gasteiger partial charge on any atom is -0.481 e. The number of unbranched alkanes of at least 4 members (excludes halogenated alkanes) is 7. The third-order valence-electron chi connectivity index (χ3n) is 4.92. The maximum absolute atomic E-state index is 12.0. The standard InChI is InChI=1S/C24H35NO10/c1-2-3-4-5-6-7-8-9-15-32-18-21(17-22(26)27)34-23(28)14-16-33-24(29)35-20-12-10-19(11-13-20)25(30)31/h10-13,21H,2-9,14-18H2,1H3,(H,26,27). The molecule has 0 aromatic heterocycles. The Bertz CT molecular complexity index is 781. The monoisotopic (exact) mass is 497 g/mol. The summed E-state index contributed by atoms with van der Waals surface area (Å²) in [5, 5.41) is 19.6. The van der Waals surface area contributed by atoms with Crippen LogP contribution in [0.25, 0.3) is 0 Å². The highest BCUT2D eigenvalue weighted by Gasteiger charge is 2.19. The summed E-state index contributed by atoms with van der Waals surface area (Å²) >= 11 is 0. The van der Waals surface area contributed by atoms with Crippen LogP contribution >= 0.6 is 0 Å². The normalized spacial score (nSPS) is 11.5. The van der Waals surface area contributed by atoms with Crippen molar-refractivity contribution in [3.8, 4) is 5.75 Å². The number of non-ortho nitro benzene ring substituents is 1. The summed E-state index contributed by atoms with van der Waals surface area (Å²) in [6, 6.07) is 4.80. The van der Waals surface area contributed by atoms with E-state index in [0.717, 1.165) is 19.3 Å². The van der Waals surface area contributed by atoms with Gasteiger partial charge in [-0.1, -0.05) is 51.9 Å². The van der Waals surface area contributed by atoms with E-state index in [0.29, 0.717) is 6.61 Å². The van der Waals surface area contributed by atoms with Crippen LogP contribution < -0.4 is 4.74 Å². The Morgan fingerprint density at radius 1 is 0.971 bits per heavy atom. The molecular formula is C24H35NO10. The van der Waals surface area contributed by atoms with Crippen LogP contribution in [0, 0.1) is 10.1 Å². The van der Waals surface area contributed by atoms with Crippen LogP contribution in [-0.2, 0) is 23.8 Å². The quantitative estimate of drug-likeness (QED) is 0.0904. The number of carboxylic acid groups (broad SMARTS) is 1. The zero-order chi connectivity index (χ0) is 25.9. The molecule has 11 heteroatoms. The van der Waals surface area contributed by atoms with Gasteiger partial charge in [0.1, 0.15) is 18.5 Å². The van der Waals surface area contributed by atoms with Crippen LogP contribution in [0.4, 0.5) is 10.5 Å². The van der Waals surface area contributed by atoms with Crippen molar-refractivity contribution < 1.29 is 43.4 Å². The molecule has 0 heterocycles. The van der Waals surface area contributed by atoms with Gasteiger partial charge in [-0.3, -0.25) is 19.7 Å². The number of rotatable bonds is 19. The van der Waals surface area contributed by atoms with E-state index < -0.39 is 35.5 Å². The van der Waals surface area contributed by atoms with E-state index in [1.807, 2.05) is 0 Å². The summed E-state index contributed by atoms with van der Waals surface area (Å²) in [5.74, 6) is -1.82. The minimum atomic E-state index is -1.12. The van der Waals surface area contributed by atoms with Crippen molar-refractivity contribution in [3.05, 3.63) is 34.4 Å². The molecule has 0 aliphatic heterocycles. The number of aliphatic carboxylic acids is 1. The van der Waals surface area contributed by atoms with Gasteiger partial charge in [0.25, 0.3) is 5.69 Å². The van der Waals surface area contributed by atoms with Crippen LogP contribution in [0.5, 0.6) is 5.75 Å². The molecule has 11 nitrogen and oxygen atoms in total. The lowest BCUT2D eigenvalue weighted by Gasteiger charge is -2.16. The molecular weight excluding hydrogens is 462 g/mol. The minimum absolute atomic E-state index is 0.0302. The highest BCUT2D eigenvalue weighted by Crippen LogP contribution is 2.17. The molecule has 0 radical (unpaired) electrons. The first-order chi connectivity index (χ1) is 16.8. The van der Waals surface area contributed by atoms with Crippen molar-refractivity contribution in [2.45, 2.75) is 77.2 Å². The number of hydrogen-bond acceptors (Lipinski definition) is 9. The summed E-state index contributed by atoms with van der Waals surface area (Å²) < 4.78 is 20.3. The molecule has 1 unspecified atom stereocenters. The van der Waals surface area contributed by atoms with Gasteiger partial charge < -0.3 is 24.1 Å². The van der Waals surface area contributed by atoms with Crippen molar-refractivity contribution in [1.82, 2.24) is 0 Å². The van der Waals surface area contributed by atoms with Gasteiger partial charge in [-0.15, -0.1) is 0 Å². The lowest BCUT2D eigenvalue weighted by molar-refractivity contribution is -0.384. The van der Waals surface area contributed by atoms with Crippen LogP contribution in [0.15, 0.2) is 24.3 Å². The average Bonchev–Trinajstić information content (AvgIpc) is 2.80. The van der Waals surface area contributed by atoms with Gasteiger partial charge in [0.15, 0.2) is 0 Å².